The van der Waals surface area contributed by atoms with Crippen LogP contribution in [0.15, 0.2) is 18.2 Å². The highest BCUT2D eigenvalue weighted by Gasteiger charge is 2.25. The average molecular weight is 416 g/mol. The van der Waals surface area contributed by atoms with Gasteiger partial charge in [0.05, 0.1) is 30.4 Å². The number of nitrogens with zero attached hydrogens (tertiary/aromatic N) is 2. The Morgan fingerprint density at radius 3 is 2.63 bits per heavy atom. The molecule has 2 aromatic rings. The Morgan fingerprint density at radius 2 is 1.93 bits per heavy atom. The maximum atomic E-state index is 11.1. The summed E-state index contributed by atoms with van der Waals surface area (Å²) in [6.07, 6.45) is 6.75. The number of aryl methyl sites for hydroxylation is 1. The minimum atomic E-state index is -0.0211. The van der Waals surface area contributed by atoms with E-state index in [2.05, 4.69) is 16.4 Å². The van der Waals surface area contributed by atoms with E-state index in [0.717, 1.165) is 55.0 Å². The van der Waals surface area contributed by atoms with E-state index in [0.29, 0.717) is 12.6 Å². The molecular formula is C23H33N3O4. The maximum absolute atomic E-state index is 11.1. The van der Waals surface area contributed by atoms with Crippen molar-refractivity contribution in [3.8, 4) is 11.8 Å². The Kier molecular flexibility index (Phi) is 6.46. The van der Waals surface area contributed by atoms with Crippen LogP contribution in [0.3, 0.4) is 0 Å². The summed E-state index contributed by atoms with van der Waals surface area (Å²) >= 11 is 0. The van der Waals surface area contributed by atoms with Gasteiger partial charge in [-0.05, 0) is 63.5 Å². The summed E-state index contributed by atoms with van der Waals surface area (Å²) in [5.41, 5.74) is 1.96. The van der Waals surface area contributed by atoms with Crippen molar-refractivity contribution in [1.29, 1.82) is 0 Å². The van der Waals surface area contributed by atoms with Crippen molar-refractivity contribution in [2.24, 2.45) is 13.0 Å². The second-order valence-corrected chi connectivity index (χ2v) is 8.81. The predicted molar refractivity (Wildman–Crippen MR) is 115 cm³/mol. The number of amides is 1. The molecule has 4 rings (SSSR count). The standard InChI is InChI=1S/C23H33N3O4/c1-15(24-16(2)27)13-28-18-6-8-19(9-7-18)30-23-25-21-11-10-20(12-22(21)26(23)3)29-14-17-4-5-17/h10-12,15,17-19H,4-9,13-14H2,1-3H3,(H,24,27)/t15-,18-,19-/m0/s1. The number of benzene rings is 1. The van der Waals surface area contributed by atoms with Crippen LogP contribution < -0.4 is 14.8 Å². The summed E-state index contributed by atoms with van der Waals surface area (Å²) in [6.45, 7) is 4.85. The first-order valence-corrected chi connectivity index (χ1v) is 11.1. The molecule has 7 nitrogen and oxygen atoms in total. The van der Waals surface area contributed by atoms with Crippen molar-refractivity contribution in [3.63, 3.8) is 0 Å². The summed E-state index contributed by atoms with van der Waals surface area (Å²) in [5, 5.41) is 2.85. The second kappa shape index (κ2) is 9.25. The lowest BCUT2D eigenvalue weighted by Crippen LogP contribution is -2.37. The Bertz CT molecular complexity index is 869. The first-order valence-electron chi connectivity index (χ1n) is 11.1. The van der Waals surface area contributed by atoms with Gasteiger partial charge in [0.25, 0.3) is 6.01 Å². The molecule has 7 heteroatoms. The average Bonchev–Trinajstić information content (AvgIpc) is 3.50. The molecule has 164 valence electrons. The zero-order valence-corrected chi connectivity index (χ0v) is 18.2. The number of imidazole rings is 1. The molecule has 1 N–H and O–H groups in total. The number of fused-ring (bicyclic) bond motifs is 1. The quantitative estimate of drug-likeness (QED) is 0.677. The molecule has 1 aromatic carbocycles. The molecule has 2 saturated carbocycles. The molecule has 30 heavy (non-hydrogen) atoms. The van der Waals surface area contributed by atoms with Gasteiger partial charge in [-0.3, -0.25) is 9.36 Å². The first kappa shape index (κ1) is 21.0. The molecule has 2 aliphatic rings. The lowest BCUT2D eigenvalue weighted by Gasteiger charge is -2.29. The van der Waals surface area contributed by atoms with Gasteiger partial charge in [-0.25, -0.2) is 0 Å². The van der Waals surface area contributed by atoms with Crippen molar-refractivity contribution >= 4 is 16.9 Å². The lowest BCUT2D eigenvalue weighted by molar-refractivity contribution is -0.120. The van der Waals surface area contributed by atoms with E-state index < -0.39 is 0 Å². The van der Waals surface area contributed by atoms with Crippen molar-refractivity contribution in [2.75, 3.05) is 13.2 Å². The molecule has 1 atom stereocenters. The van der Waals surface area contributed by atoms with Crippen molar-refractivity contribution in [3.05, 3.63) is 18.2 Å². The lowest BCUT2D eigenvalue weighted by atomic mass is 9.95. The summed E-state index contributed by atoms with van der Waals surface area (Å²) in [6, 6.07) is 6.75. The number of nitrogens with one attached hydrogen (secondary N) is 1. The van der Waals surface area contributed by atoms with Crippen LogP contribution in [0.5, 0.6) is 11.8 Å². The predicted octanol–water partition coefficient (Wildman–Crippen LogP) is 3.59. The number of hydrogen-bond donors (Lipinski definition) is 1. The van der Waals surface area contributed by atoms with Crippen molar-refractivity contribution < 1.29 is 19.0 Å². The van der Waals surface area contributed by atoms with Crippen LogP contribution in [-0.2, 0) is 16.6 Å². The zero-order chi connectivity index (χ0) is 21.1. The van der Waals surface area contributed by atoms with Gasteiger partial charge in [-0.1, -0.05) is 0 Å². The Hall–Kier alpha value is -2.28. The van der Waals surface area contributed by atoms with Gasteiger partial charge >= 0.3 is 0 Å². The molecule has 1 heterocycles. The number of hydrogen-bond acceptors (Lipinski definition) is 5. The van der Waals surface area contributed by atoms with Gasteiger partial charge in [0.2, 0.25) is 5.91 Å². The SMILES string of the molecule is CC(=O)N[C@@H](C)CO[C@H]1CC[C@H](Oc2nc3ccc(OCC4CC4)cc3n2C)CC1. The zero-order valence-electron chi connectivity index (χ0n) is 18.2. The number of ether oxygens (including phenoxy) is 3. The van der Waals surface area contributed by atoms with Crippen LogP contribution in [0.2, 0.25) is 0 Å². The van der Waals surface area contributed by atoms with Gasteiger partial charge in [-0.2, -0.15) is 4.98 Å². The third-order valence-corrected chi connectivity index (χ3v) is 5.92. The van der Waals surface area contributed by atoms with E-state index in [1.54, 1.807) is 0 Å². The normalized spacial score (nSPS) is 22.6. The topological polar surface area (TPSA) is 74.6 Å². The van der Waals surface area contributed by atoms with Crippen LogP contribution >= 0.6 is 0 Å². The fourth-order valence-corrected chi connectivity index (χ4v) is 3.98. The largest absolute Gasteiger partial charge is 0.493 e. The molecule has 2 aliphatic carbocycles. The fourth-order valence-electron chi connectivity index (χ4n) is 3.98. The Labute approximate surface area is 178 Å². The number of carbonyl (C=O) groups excluding carboxylic acids is 1. The van der Waals surface area contributed by atoms with Gasteiger partial charge < -0.3 is 19.5 Å². The summed E-state index contributed by atoms with van der Waals surface area (Å²) < 4.78 is 20.1. The molecule has 0 spiro atoms. The molecule has 0 unspecified atom stereocenters. The highest BCUT2D eigenvalue weighted by atomic mass is 16.5. The minimum Gasteiger partial charge on any atom is -0.493 e. The second-order valence-electron chi connectivity index (χ2n) is 8.81. The van der Waals surface area contributed by atoms with Crippen LogP contribution in [0.4, 0.5) is 0 Å². The molecule has 0 radical (unpaired) electrons. The summed E-state index contributed by atoms with van der Waals surface area (Å²) in [4.78, 5) is 15.8. The molecule has 1 amide bonds. The fraction of sp³-hybridized carbons (Fsp3) is 0.652. The van der Waals surface area contributed by atoms with E-state index in [9.17, 15) is 4.79 Å². The van der Waals surface area contributed by atoms with Crippen LogP contribution in [-0.4, -0.2) is 46.9 Å². The minimum absolute atomic E-state index is 0.0211. The number of rotatable bonds is 9. The summed E-state index contributed by atoms with van der Waals surface area (Å²) in [7, 11) is 1.99. The van der Waals surface area contributed by atoms with E-state index in [-0.39, 0.29) is 24.2 Å². The molecular weight excluding hydrogens is 382 g/mol. The van der Waals surface area contributed by atoms with E-state index in [1.165, 1.54) is 19.8 Å². The van der Waals surface area contributed by atoms with Crippen LogP contribution in [0.1, 0.15) is 52.4 Å². The van der Waals surface area contributed by atoms with Crippen LogP contribution in [0, 0.1) is 5.92 Å². The highest BCUT2D eigenvalue weighted by Crippen LogP contribution is 2.31. The molecule has 0 saturated heterocycles. The molecule has 1 aromatic heterocycles. The van der Waals surface area contributed by atoms with E-state index in [4.69, 9.17) is 14.2 Å². The van der Waals surface area contributed by atoms with E-state index in [1.807, 2.05) is 30.7 Å². The smallest absolute Gasteiger partial charge is 0.297 e. The van der Waals surface area contributed by atoms with E-state index >= 15 is 0 Å². The molecule has 0 bridgehead atoms. The maximum Gasteiger partial charge on any atom is 0.297 e. The summed E-state index contributed by atoms with van der Waals surface area (Å²) in [5.74, 6) is 1.61. The first-order chi connectivity index (χ1) is 14.5. The Morgan fingerprint density at radius 1 is 1.20 bits per heavy atom. The third kappa shape index (κ3) is 5.45. The van der Waals surface area contributed by atoms with Gasteiger partial charge in [0, 0.05) is 26.1 Å². The molecule has 2 fully saturated rings. The van der Waals surface area contributed by atoms with Crippen molar-refractivity contribution in [1.82, 2.24) is 14.9 Å². The third-order valence-electron chi connectivity index (χ3n) is 5.92. The molecule has 0 aliphatic heterocycles. The number of aromatic nitrogens is 2. The van der Waals surface area contributed by atoms with Crippen molar-refractivity contribution in [2.45, 2.75) is 70.6 Å². The monoisotopic (exact) mass is 415 g/mol. The van der Waals surface area contributed by atoms with Gasteiger partial charge in [0.15, 0.2) is 0 Å². The van der Waals surface area contributed by atoms with Gasteiger partial charge in [-0.15, -0.1) is 0 Å². The van der Waals surface area contributed by atoms with Gasteiger partial charge in [0.1, 0.15) is 11.9 Å². The van der Waals surface area contributed by atoms with Crippen LogP contribution in [0.25, 0.3) is 11.0 Å². The number of carbonyl (C=O) groups is 1. The Balaban J connectivity index is 1.28. The highest BCUT2D eigenvalue weighted by molar-refractivity contribution is 5.78.